The van der Waals surface area contributed by atoms with Gasteiger partial charge in [-0.25, -0.2) is 14.5 Å². The van der Waals surface area contributed by atoms with Crippen LogP contribution in [0.25, 0.3) is 0 Å². The van der Waals surface area contributed by atoms with E-state index in [1.54, 1.807) is 11.0 Å². The van der Waals surface area contributed by atoms with Gasteiger partial charge in [-0.15, -0.1) is 16.4 Å². The van der Waals surface area contributed by atoms with Gasteiger partial charge in [-0.05, 0) is 49.3 Å². The van der Waals surface area contributed by atoms with Crippen LogP contribution in [0.15, 0.2) is 30.6 Å². The van der Waals surface area contributed by atoms with E-state index < -0.39 is 5.97 Å². The number of thiophene rings is 1. The summed E-state index contributed by atoms with van der Waals surface area (Å²) in [6.45, 7) is 4.37. The number of rotatable bonds is 5. The van der Waals surface area contributed by atoms with E-state index in [0.29, 0.717) is 28.1 Å². The van der Waals surface area contributed by atoms with Gasteiger partial charge in [0, 0.05) is 9.90 Å². The molecule has 3 aromatic rings. The number of nitrogens with zero attached hydrogens (tertiary/aromatic N) is 3. The molecule has 146 valence electrons. The predicted octanol–water partition coefficient (Wildman–Crippen LogP) is 4.25. The van der Waals surface area contributed by atoms with E-state index in [9.17, 15) is 4.79 Å². The van der Waals surface area contributed by atoms with Crippen molar-refractivity contribution in [3.05, 3.63) is 57.2 Å². The summed E-state index contributed by atoms with van der Waals surface area (Å²) in [7, 11) is 1.35. The van der Waals surface area contributed by atoms with E-state index in [0.717, 1.165) is 16.0 Å². The van der Waals surface area contributed by atoms with Gasteiger partial charge >= 0.3 is 5.97 Å². The first-order chi connectivity index (χ1) is 13.4. The first-order valence-corrected chi connectivity index (χ1v) is 9.88. The Morgan fingerprint density at radius 2 is 2.00 bits per heavy atom. The Bertz CT molecular complexity index is 1010. The van der Waals surface area contributed by atoms with Gasteiger partial charge in [0.25, 0.3) is 0 Å². The topological polar surface area (TPSA) is 81.1 Å². The first kappa shape index (κ1) is 20.2. The Morgan fingerprint density at radius 1 is 1.29 bits per heavy atom. The van der Waals surface area contributed by atoms with Crippen molar-refractivity contribution in [2.24, 2.45) is 0 Å². The highest BCUT2D eigenvalue weighted by Gasteiger charge is 2.21. The molecule has 3 rings (SSSR count). The third-order valence-corrected chi connectivity index (χ3v) is 5.60. The molecule has 2 aromatic heterocycles. The van der Waals surface area contributed by atoms with Crippen LogP contribution in [0.2, 0.25) is 5.02 Å². The zero-order valence-electron chi connectivity index (χ0n) is 15.4. The minimum atomic E-state index is -0.405. The molecule has 0 saturated carbocycles. The molecule has 0 atom stereocenters. The van der Waals surface area contributed by atoms with Gasteiger partial charge in [-0.2, -0.15) is 0 Å². The quantitative estimate of drug-likeness (QED) is 0.458. The second kappa shape index (κ2) is 8.68. The molecule has 0 radical (unpaired) electrons. The van der Waals surface area contributed by atoms with Crippen LogP contribution >= 0.6 is 35.2 Å². The highest BCUT2D eigenvalue weighted by atomic mass is 35.5. The van der Waals surface area contributed by atoms with E-state index in [-0.39, 0.29) is 5.11 Å². The summed E-state index contributed by atoms with van der Waals surface area (Å²) >= 11 is 12.7. The fourth-order valence-electron chi connectivity index (χ4n) is 2.50. The van der Waals surface area contributed by atoms with Gasteiger partial charge in [-0.3, -0.25) is 5.32 Å². The summed E-state index contributed by atoms with van der Waals surface area (Å²) < 4.78 is 6.55. The number of anilines is 2. The Morgan fingerprint density at radius 3 is 2.68 bits per heavy atom. The summed E-state index contributed by atoms with van der Waals surface area (Å²) in [6.07, 6.45) is 1.61. The minimum absolute atomic E-state index is 0.288. The number of nitrogens with one attached hydrogen (secondary N) is 2. The number of carbonyl (C=O) groups is 1. The minimum Gasteiger partial charge on any atom is -0.465 e. The van der Waals surface area contributed by atoms with E-state index in [4.69, 9.17) is 28.6 Å². The van der Waals surface area contributed by atoms with Gasteiger partial charge in [0.05, 0.1) is 19.2 Å². The zero-order valence-corrected chi connectivity index (χ0v) is 17.8. The van der Waals surface area contributed by atoms with Crippen LogP contribution in [0.4, 0.5) is 10.9 Å². The van der Waals surface area contributed by atoms with Gasteiger partial charge in [-0.1, -0.05) is 23.7 Å². The number of carbonyl (C=O) groups excluding carboxylic acids is 1. The van der Waals surface area contributed by atoms with Gasteiger partial charge in [0.15, 0.2) is 5.11 Å². The molecular weight excluding hydrogens is 418 g/mol. The number of ether oxygens (including phenoxy) is 1. The molecule has 0 aliphatic heterocycles. The maximum absolute atomic E-state index is 12.1. The van der Waals surface area contributed by atoms with Crippen LogP contribution < -0.4 is 10.6 Å². The molecule has 0 unspecified atom stereocenters. The van der Waals surface area contributed by atoms with E-state index in [1.807, 2.05) is 38.1 Å². The molecule has 1 aromatic carbocycles. The highest BCUT2D eigenvalue weighted by Crippen LogP contribution is 2.33. The van der Waals surface area contributed by atoms with Crippen molar-refractivity contribution in [1.29, 1.82) is 0 Å². The molecule has 2 heterocycles. The monoisotopic (exact) mass is 435 g/mol. The molecule has 28 heavy (non-hydrogen) atoms. The zero-order chi connectivity index (χ0) is 20.3. The molecule has 0 aliphatic carbocycles. The van der Waals surface area contributed by atoms with Gasteiger partial charge in [0.2, 0.25) is 5.95 Å². The third-order valence-electron chi connectivity index (χ3n) is 4.02. The average molecular weight is 436 g/mol. The fraction of sp³-hybridized carbons (Fsp3) is 0.222. The van der Waals surface area contributed by atoms with Crippen LogP contribution in [0, 0.1) is 13.8 Å². The molecule has 0 fully saturated rings. The largest absolute Gasteiger partial charge is 0.465 e. The molecular formula is C18H18ClN5O2S2. The molecule has 7 nitrogen and oxygen atoms in total. The van der Waals surface area contributed by atoms with Crippen LogP contribution in [0.5, 0.6) is 0 Å². The van der Waals surface area contributed by atoms with Gasteiger partial charge in [0.1, 0.15) is 11.3 Å². The molecule has 0 amide bonds. The lowest BCUT2D eigenvalue weighted by Gasteiger charge is -2.08. The van der Waals surface area contributed by atoms with Crippen molar-refractivity contribution < 1.29 is 9.53 Å². The molecule has 2 N–H and O–H groups in total. The Balaban J connectivity index is 1.66. The Hall–Kier alpha value is -2.49. The predicted molar refractivity (Wildman–Crippen MR) is 116 cm³/mol. The van der Waals surface area contributed by atoms with Crippen molar-refractivity contribution in [2.45, 2.75) is 20.4 Å². The van der Waals surface area contributed by atoms with Crippen molar-refractivity contribution in [2.75, 3.05) is 17.7 Å². The van der Waals surface area contributed by atoms with Gasteiger partial charge < -0.3 is 10.1 Å². The number of aromatic nitrogens is 3. The van der Waals surface area contributed by atoms with E-state index in [1.165, 1.54) is 18.4 Å². The van der Waals surface area contributed by atoms with E-state index in [2.05, 4.69) is 20.7 Å². The maximum atomic E-state index is 12.1. The van der Waals surface area contributed by atoms with Crippen molar-refractivity contribution >= 4 is 57.2 Å². The van der Waals surface area contributed by atoms with Crippen LogP contribution in [0.1, 0.15) is 26.4 Å². The number of aryl methyl sites for hydroxylation is 1. The van der Waals surface area contributed by atoms with E-state index >= 15 is 0 Å². The van der Waals surface area contributed by atoms with Crippen molar-refractivity contribution in [3.8, 4) is 0 Å². The third kappa shape index (κ3) is 4.67. The molecule has 10 heteroatoms. The fourth-order valence-corrected chi connectivity index (χ4v) is 3.94. The van der Waals surface area contributed by atoms with Crippen molar-refractivity contribution in [3.63, 3.8) is 0 Å². The Kier molecular flexibility index (Phi) is 6.28. The summed E-state index contributed by atoms with van der Waals surface area (Å²) in [5, 5.41) is 11.9. The summed E-state index contributed by atoms with van der Waals surface area (Å²) in [6, 6.07) is 7.52. The second-order valence-electron chi connectivity index (χ2n) is 5.95. The average Bonchev–Trinajstić information content (AvgIpc) is 3.20. The number of halogens is 1. The number of thiocarbonyl (C=S) groups is 1. The number of benzene rings is 1. The summed E-state index contributed by atoms with van der Waals surface area (Å²) in [5.41, 5.74) is 2.40. The molecule has 0 spiro atoms. The molecule has 0 bridgehead atoms. The molecule has 0 saturated heterocycles. The molecule has 0 aliphatic rings. The lowest BCUT2D eigenvalue weighted by atomic mass is 10.1. The first-order valence-electron chi connectivity index (χ1n) is 8.27. The standard InChI is InChI=1S/C18H18ClN5O2S2/c1-10-11(2)28-15(14(10)16(25)26-3)21-18(27)22-17-20-9-24(23-17)8-12-4-6-13(19)7-5-12/h4-7,9H,8H2,1-3H3,(H2,21,22,23,27). The smallest absolute Gasteiger partial charge is 0.341 e. The normalized spacial score (nSPS) is 10.6. The second-order valence-corrected chi connectivity index (χ2v) is 8.02. The Labute approximate surface area is 176 Å². The number of hydrogen-bond donors (Lipinski definition) is 2. The lowest BCUT2D eigenvalue weighted by molar-refractivity contribution is 0.0601. The number of methoxy groups -OCH3 is 1. The number of esters is 1. The lowest BCUT2D eigenvalue weighted by Crippen LogP contribution is -2.21. The highest BCUT2D eigenvalue weighted by molar-refractivity contribution is 7.80. The SMILES string of the molecule is COC(=O)c1c(NC(=S)Nc2ncn(Cc3ccc(Cl)cc3)n2)sc(C)c1C. The van der Waals surface area contributed by atoms with Crippen LogP contribution in [-0.4, -0.2) is 33.0 Å². The summed E-state index contributed by atoms with van der Waals surface area (Å²) in [5.74, 6) is -0.0476. The number of hydrogen-bond acceptors (Lipinski definition) is 6. The van der Waals surface area contributed by atoms with Crippen LogP contribution in [-0.2, 0) is 11.3 Å². The van der Waals surface area contributed by atoms with Crippen molar-refractivity contribution in [1.82, 2.24) is 14.8 Å². The van der Waals surface area contributed by atoms with Crippen LogP contribution in [0.3, 0.4) is 0 Å². The maximum Gasteiger partial charge on any atom is 0.341 e. The summed E-state index contributed by atoms with van der Waals surface area (Å²) in [4.78, 5) is 17.3.